The lowest BCUT2D eigenvalue weighted by molar-refractivity contribution is -0.142. The van der Waals surface area contributed by atoms with Gasteiger partial charge in [0, 0.05) is 16.7 Å². The van der Waals surface area contributed by atoms with Crippen LogP contribution in [0.1, 0.15) is 29.2 Å². The van der Waals surface area contributed by atoms with E-state index >= 15 is 0 Å². The minimum absolute atomic E-state index is 0.0388. The van der Waals surface area contributed by atoms with Crippen LogP contribution in [0.2, 0.25) is 0 Å². The lowest BCUT2D eigenvalue weighted by Crippen LogP contribution is -2.11. The zero-order valence-electron chi connectivity index (χ0n) is 21.1. The van der Waals surface area contributed by atoms with E-state index < -0.39 is 52.4 Å². The van der Waals surface area contributed by atoms with Gasteiger partial charge in [0.1, 0.15) is 28.8 Å². The van der Waals surface area contributed by atoms with Crippen molar-refractivity contribution in [3.8, 4) is 22.3 Å². The zero-order valence-corrected chi connectivity index (χ0v) is 21.1. The second-order valence-corrected chi connectivity index (χ2v) is 8.72. The van der Waals surface area contributed by atoms with Crippen LogP contribution in [0, 0.1) is 23.3 Å². The van der Waals surface area contributed by atoms with Crippen LogP contribution in [-0.2, 0) is 10.9 Å². The van der Waals surface area contributed by atoms with Gasteiger partial charge >= 0.3 is 12.2 Å². The Labute approximate surface area is 228 Å². The molecule has 0 heterocycles. The van der Waals surface area contributed by atoms with Crippen molar-refractivity contribution in [1.29, 1.82) is 0 Å². The molecular weight excluding hydrogens is 559 g/mol. The summed E-state index contributed by atoms with van der Waals surface area (Å²) >= 11 is 0. The molecule has 0 atom stereocenters. The molecule has 1 nitrogen and oxygen atoms in total. The van der Waals surface area contributed by atoms with Gasteiger partial charge in [0.15, 0.2) is 0 Å². The van der Waals surface area contributed by atoms with Gasteiger partial charge in [0.05, 0.1) is 6.61 Å². The summed E-state index contributed by atoms with van der Waals surface area (Å²) in [6.07, 6.45) is -2.53. The SMILES string of the molecule is CCO/C(F)=C(\F)c1ccc(-c2ccc(/C=C/c3ccc(-c4cc(F)c(C(F)(F)F)c(F)c4)c(F)c3)c(F)c2)cc1. The number of halogens is 9. The molecule has 0 unspecified atom stereocenters. The first-order valence-corrected chi connectivity index (χ1v) is 12.0. The topological polar surface area (TPSA) is 9.23 Å². The van der Waals surface area contributed by atoms with Gasteiger partial charge in [-0.2, -0.15) is 22.0 Å². The molecule has 0 bridgehead atoms. The molecule has 0 aromatic heterocycles. The molecule has 0 aliphatic heterocycles. The van der Waals surface area contributed by atoms with Crippen LogP contribution in [0.15, 0.2) is 78.8 Å². The highest BCUT2D eigenvalue weighted by Gasteiger charge is 2.38. The van der Waals surface area contributed by atoms with Crippen LogP contribution >= 0.6 is 0 Å². The number of benzene rings is 4. The Morgan fingerprint density at radius 3 is 1.85 bits per heavy atom. The largest absolute Gasteiger partial charge is 0.469 e. The summed E-state index contributed by atoms with van der Waals surface area (Å²) in [5.74, 6) is -6.50. The molecule has 4 aromatic carbocycles. The summed E-state index contributed by atoms with van der Waals surface area (Å²) in [4.78, 5) is 0. The third-order valence-corrected chi connectivity index (χ3v) is 6.00. The van der Waals surface area contributed by atoms with E-state index in [1.54, 1.807) is 6.07 Å². The maximum absolute atomic E-state index is 14.8. The van der Waals surface area contributed by atoms with Crippen molar-refractivity contribution in [3.05, 3.63) is 124 Å². The maximum Gasteiger partial charge on any atom is 0.422 e. The van der Waals surface area contributed by atoms with Gasteiger partial charge in [-0.05, 0) is 53.4 Å². The minimum Gasteiger partial charge on any atom is -0.469 e. The molecule has 0 aliphatic rings. The smallest absolute Gasteiger partial charge is 0.422 e. The molecule has 4 rings (SSSR count). The predicted molar refractivity (Wildman–Crippen MR) is 138 cm³/mol. The quantitative estimate of drug-likeness (QED) is 0.120. The van der Waals surface area contributed by atoms with Crippen molar-refractivity contribution >= 4 is 18.0 Å². The summed E-state index contributed by atoms with van der Waals surface area (Å²) < 4.78 is 128. The lowest BCUT2D eigenvalue weighted by Gasteiger charge is -2.12. The highest BCUT2D eigenvalue weighted by atomic mass is 19.4. The monoisotopic (exact) mass is 578 g/mol. The van der Waals surface area contributed by atoms with Gasteiger partial charge in [-0.1, -0.05) is 60.7 Å². The molecule has 0 spiro atoms. The van der Waals surface area contributed by atoms with Crippen LogP contribution in [0.3, 0.4) is 0 Å². The Kier molecular flexibility index (Phi) is 8.60. The first-order valence-electron chi connectivity index (χ1n) is 12.0. The number of ether oxygens (including phenoxy) is 1. The molecule has 0 amide bonds. The van der Waals surface area contributed by atoms with E-state index in [1.807, 2.05) is 0 Å². The van der Waals surface area contributed by atoms with Crippen LogP contribution in [0.5, 0.6) is 0 Å². The Hall–Kier alpha value is -4.47. The van der Waals surface area contributed by atoms with Gasteiger partial charge in [0.2, 0.25) is 5.83 Å². The second-order valence-electron chi connectivity index (χ2n) is 8.72. The summed E-state index contributed by atoms with van der Waals surface area (Å²) in [5, 5.41) is 0. The van der Waals surface area contributed by atoms with Crippen molar-refractivity contribution in [2.45, 2.75) is 13.1 Å². The van der Waals surface area contributed by atoms with Crippen LogP contribution < -0.4 is 0 Å². The first-order chi connectivity index (χ1) is 19.4. The van der Waals surface area contributed by atoms with Crippen molar-refractivity contribution in [3.63, 3.8) is 0 Å². The van der Waals surface area contributed by atoms with E-state index in [9.17, 15) is 39.5 Å². The molecule has 10 heteroatoms. The molecular formula is C31H19F9O. The normalized spacial score (nSPS) is 12.5. The summed E-state index contributed by atoms with van der Waals surface area (Å²) in [6, 6.07) is 12.8. The Morgan fingerprint density at radius 1 is 0.683 bits per heavy atom. The minimum atomic E-state index is -5.25. The number of alkyl halides is 3. The van der Waals surface area contributed by atoms with Crippen molar-refractivity contribution in [2.75, 3.05) is 6.61 Å². The summed E-state index contributed by atoms with van der Waals surface area (Å²) in [7, 11) is 0. The van der Waals surface area contributed by atoms with Gasteiger partial charge < -0.3 is 4.74 Å². The average molecular weight is 578 g/mol. The molecule has 0 saturated carbocycles. The third-order valence-electron chi connectivity index (χ3n) is 6.00. The summed E-state index contributed by atoms with van der Waals surface area (Å²) in [6.45, 7) is 1.47. The fraction of sp³-hybridized carbons (Fsp3) is 0.0968. The van der Waals surface area contributed by atoms with E-state index in [-0.39, 0.29) is 28.9 Å². The second kappa shape index (κ2) is 12.0. The van der Waals surface area contributed by atoms with Crippen LogP contribution in [0.4, 0.5) is 39.5 Å². The molecule has 0 radical (unpaired) electrons. The summed E-state index contributed by atoms with van der Waals surface area (Å²) in [5.41, 5.74) is -1.51. The molecule has 0 fully saturated rings. The molecule has 0 saturated heterocycles. The highest BCUT2D eigenvalue weighted by molar-refractivity contribution is 5.75. The number of hydrogen-bond donors (Lipinski definition) is 0. The predicted octanol–water partition coefficient (Wildman–Crippen LogP) is 10.4. The van der Waals surface area contributed by atoms with Crippen molar-refractivity contribution in [2.24, 2.45) is 0 Å². The standard InChI is InChI=1S/C31H19F9O/c1-2-41-30(37)29(36)20-9-6-18(7-10-20)21-11-8-19(24(32)14-21)5-3-17-4-12-23(25(33)13-17)22-15-26(34)28(27(35)16-22)31(38,39)40/h3-16H,2H2,1H3/b5-3+,30-29-. The van der Waals surface area contributed by atoms with Gasteiger partial charge in [-0.25, -0.2) is 17.6 Å². The number of hydrogen-bond acceptors (Lipinski definition) is 1. The maximum atomic E-state index is 14.8. The Balaban J connectivity index is 1.53. The molecule has 0 N–H and O–H groups in total. The fourth-order valence-electron chi connectivity index (χ4n) is 4.01. The van der Waals surface area contributed by atoms with E-state index in [0.29, 0.717) is 23.3 Å². The molecule has 41 heavy (non-hydrogen) atoms. The van der Waals surface area contributed by atoms with Gasteiger partial charge in [-0.3, -0.25) is 0 Å². The van der Waals surface area contributed by atoms with E-state index in [2.05, 4.69) is 4.74 Å². The number of rotatable bonds is 7. The average Bonchev–Trinajstić information content (AvgIpc) is 2.91. The fourth-order valence-corrected chi connectivity index (χ4v) is 4.01. The lowest BCUT2D eigenvalue weighted by atomic mass is 9.99. The Morgan fingerprint density at radius 2 is 1.29 bits per heavy atom. The third kappa shape index (κ3) is 6.65. The van der Waals surface area contributed by atoms with Gasteiger partial charge in [0.25, 0.3) is 0 Å². The van der Waals surface area contributed by atoms with Crippen LogP contribution in [0.25, 0.3) is 40.2 Å². The molecule has 0 aliphatic carbocycles. The Bertz CT molecular complexity index is 1610. The first kappa shape index (κ1) is 29.5. The van der Waals surface area contributed by atoms with E-state index in [1.165, 1.54) is 61.5 Å². The van der Waals surface area contributed by atoms with Crippen molar-refractivity contribution in [1.82, 2.24) is 0 Å². The molecule has 4 aromatic rings. The van der Waals surface area contributed by atoms with Crippen LogP contribution in [-0.4, -0.2) is 6.61 Å². The van der Waals surface area contributed by atoms with Crippen molar-refractivity contribution < 1.29 is 44.3 Å². The van der Waals surface area contributed by atoms with E-state index in [4.69, 9.17) is 0 Å². The van der Waals surface area contributed by atoms with E-state index in [0.717, 1.165) is 12.1 Å². The zero-order chi connectivity index (χ0) is 29.9. The molecule has 212 valence electrons. The van der Waals surface area contributed by atoms with Gasteiger partial charge in [-0.15, -0.1) is 0 Å². The highest BCUT2D eigenvalue weighted by Crippen LogP contribution is 2.36.